The summed E-state index contributed by atoms with van der Waals surface area (Å²) in [5.74, 6) is 5.69. The predicted molar refractivity (Wildman–Crippen MR) is 86.5 cm³/mol. The number of benzene rings is 1. The molecule has 0 aliphatic carbocycles. The second-order valence-corrected chi connectivity index (χ2v) is 6.74. The zero-order valence-corrected chi connectivity index (χ0v) is 13.6. The van der Waals surface area contributed by atoms with Crippen molar-refractivity contribution in [2.45, 2.75) is 32.7 Å². The van der Waals surface area contributed by atoms with Crippen LogP contribution in [0.25, 0.3) is 0 Å². The molecule has 0 saturated carbocycles. The standard InChI is InChI=1S/C15H19BrN2S/c1-10-3-4-12(7-11(10)2)8-13(18-17)9-15-14(16)5-6-19-15/h3-7,13,18H,8-9,17H2,1-2H3. The normalized spacial score (nSPS) is 12.6. The fraction of sp³-hybridized carbons (Fsp3) is 0.333. The van der Waals surface area contributed by atoms with E-state index in [1.165, 1.54) is 26.0 Å². The predicted octanol–water partition coefficient (Wildman–Crippen LogP) is 3.74. The van der Waals surface area contributed by atoms with Crippen LogP contribution in [-0.4, -0.2) is 6.04 Å². The van der Waals surface area contributed by atoms with Gasteiger partial charge in [-0.25, -0.2) is 0 Å². The molecule has 3 N–H and O–H groups in total. The van der Waals surface area contributed by atoms with Crippen molar-refractivity contribution in [1.29, 1.82) is 0 Å². The van der Waals surface area contributed by atoms with Gasteiger partial charge in [-0.3, -0.25) is 11.3 Å². The molecule has 1 aromatic carbocycles. The summed E-state index contributed by atoms with van der Waals surface area (Å²) in [6.45, 7) is 4.29. The average molecular weight is 339 g/mol. The van der Waals surface area contributed by atoms with Crippen molar-refractivity contribution in [1.82, 2.24) is 5.43 Å². The number of aryl methyl sites for hydroxylation is 2. The molecule has 0 spiro atoms. The summed E-state index contributed by atoms with van der Waals surface area (Å²) < 4.78 is 1.18. The lowest BCUT2D eigenvalue weighted by Gasteiger charge is -2.16. The highest BCUT2D eigenvalue weighted by molar-refractivity contribution is 9.10. The van der Waals surface area contributed by atoms with Gasteiger partial charge < -0.3 is 0 Å². The van der Waals surface area contributed by atoms with Crippen LogP contribution in [-0.2, 0) is 12.8 Å². The average Bonchev–Trinajstić information content (AvgIpc) is 2.78. The highest BCUT2D eigenvalue weighted by Crippen LogP contribution is 2.24. The molecule has 1 unspecified atom stereocenters. The van der Waals surface area contributed by atoms with Crippen LogP contribution in [0.1, 0.15) is 21.6 Å². The van der Waals surface area contributed by atoms with E-state index in [-0.39, 0.29) is 6.04 Å². The van der Waals surface area contributed by atoms with E-state index in [0.29, 0.717) is 0 Å². The zero-order chi connectivity index (χ0) is 13.8. The maximum atomic E-state index is 5.69. The minimum Gasteiger partial charge on any atom is -0.271 e. The number of hydrogen-bond donors (Lipinski definition) is 2. The van der Waals surface area contributed by atoms with Gasteiger partial charge >= 0.3 is 0 Å². The Balaban J connectivity index is 2.06. The molecule has 4 heteroatoms. The molecule has 19 heavy (non-hydrogen) atoms. The summed E-state index contributed by atoms with van der Waals surface area (Å²) in [6, 6.07) is 8.97. The van der Waals surface area contributed by atoms with Crippen LogP contribution >= 0.6 is 27.3 Å². The summed E-state index contributed by atoms with van der Waals surface area (Å²) in [4.78, 5) is 1.34. The molecule has 0 aliphatic heterocycles. The van der Waals surface area contributed by atoms with Gasteiger partial charge in [0.15, 0.2) is 0 Å². The lowest BCUT2D eigenvalue weighted by molar-refractivity contribution is 0.525. The Morgan fingerprint density at radius 2 is 2.00 bits per heavy atom. The Morgan fingerprint density at radius 3 is 2.58 bits per heavy atom. The van der Waals surface area contributed by atoms with Crippen molar-refractivity contribution in [3.05, 3.63) is 55.7 Å². The number of thiophene rings is 1. The monoisotopic (exact) mass is 338 g/mol. The first-order valence-electron chi connectivity index (χ1n) is 6.34. The van der Waals surface area contributed by atoms with Crippen molar-refractivity contribution in [3.8, 4) is 0 Å². The Kier molecular flexibility index (Phi) is 5.16. The van der Waals surface area contributed by atoms with Crippen LogP contribution in [0.2, 0.25) is 0 Å². The van der Waals surface area contributed by atoms with Gasteiger partial charge in [-0.1, -0.05) is 18.2 Å². The van der Waals surface area contributed by atoms with E-state index in [9.17, 15) is 0 Å². The number of nitrogens with one attached hydrogen (secondary N) is 1. The van der Waals surface area contributed by atoms with Crippen LogP contribution in [0, 0.1) is 13.8 Å². The lowest BCUT2D eigenvalue weighted by Crippen LogP contribution is -2.38. The molecule has 1 atom stereocenters. The zero-order valence-electron chi connectivity index (χ0n) is 11.2. The van der Waals surface area contributed by atoms with E-state index in [4.69, 9.17) is 5.84 Å². The second-order valence-electron chi connectivity index (χ2n) is 4.88. The van der Waals surface area contributed by atoms with E-state index >= 15 is 0 Å². The minimum absolute atomic E-state index is 0.261. The smallest absolute Gasteiger partial charge is 0.0314 e. The molecule has 1 aromatic heterocycles. The van der Waals surface area contributed by atoms with Crippen molar-refractivity contribution in [3.63, 3.8) is 0 Å². The van der Waals surface area contributed by atoms with Gasteiger partial charge in [0.05, 0.1) is 0 Å². The van der Waals surface area contributed by atoms with E-state index in [1.807, 2.05) is 0 Å². The maximum Gasteiger partial charge on any atom is 0.0314 e. The van der Waals surface area contributed by atoms with Gasteiger partial charge in [0, 0.05) is 15.4 Å². The van der Waals surface area contributed by atoms with Gasteiger partial charge in [-0.05, 0) is 70.8 Å². The number of hydrazine groups is 1. The van der Waals surface area contributed by atoms with Crippen molar-refractivity contribution in [2.24, 2.45) is 5.84 Å². The van der Waals surface area contributed by atoms with Crippen LogP contribution in [0.15, 0.2) is 34.1 Å². The largest absolute Gasteiger partial charge is 0.271 e. The van der Waals surface area contributed by atoms with Crippen LogP contribution in [0.3, 0.4) is 0 Å². The number of hydrogen-bond acceptors (Lipinski definition) is 3. The van der Waals surface area contributed by atoms with Crippen molar-refractivity contribution in [2.75, 3.05) is 0 Å². The van der Waals surface area contributed by atoms with Crippen LogP contribution in [0.4, 0.5) is 0 Å². The number of rotatable bonds is 5. The third-order valence-corrected chi connectivity index (χ3v) is 5.36. The summed E-state index contributed by atoms with van der Waals surface area (Å²) in [5, 5.41) is 2.10. The maximum absolute atomic E-state index is 5.69. The SMILES string of the molecule is Cc1ccc(CC(Cc2sccc2Br)NN)cc1C. The molecule has 0 amide bonds. The highest BCUT2D eigenvalue weighted by Gasteiger charge is 2.12. The summed E-state index contributed by atoms with van der Waals surface area (Å²) >= 11 is 5.34. The molecular weight excluding hydrogens is 320 g/mol. The Hall–Kier alpha value is -0.680. The molecular formula is C15H19BrN2S. The fourth-order valence-corrected chi connectivity index (χ4v) is 3.70. The number of halogens is 1. The van der Waals surface area contributed by atoms with Gasteiger partial charge in [0.2, 0.25) is 0 Å². The molecule has 2 rings (SSSR count). The van der Waals surface area contributed by atoms with E-state index in [2.05, 4.69) is 64.8 Å². The van der Waals surface area contributed by atoms with Gasteiger partial charge in [0.25, 0.3) is 0 Å². The molecule has 0 saturated heterocycles. The molecule has 1 heterocycles. The minimum atomic E-state index is 0.261. The van der Waals surface area contributed by atoms with Crippen molar-refractivity contribution < 1.29 is 0 Å². The van der Waals surface area contributed by atoms with Gasteiger partial charge in [-0.2, -0.15) is 0 Å². The third kappa shape index (κ3) is 3.89. The first kappa shape index (κ1) is 14.7. The van der Waals surface area contributed by atoms with Crippen molar-refractivity contribution >= 4 is 27.3 Å². The third-order valence-electron chi connectivity index (χ3n) is 3.41. The van der Waals surface area contributed by atoms with E-state index < -0.39 is 0 Å². The lowest BCUT2D eigenvalue weighted by atomic mass is 9.99. The van der Waals surface area contributed by atoms with E-state index in [0.717, 1.165) is 12.8 Å². The molecule has 2 nitrogen and oxygen atoms in total. The first-order valence-corrected chi connectivity index (χ1v) is 8.01. The highest BCUT2D eigenvalue weighted by atomic mass is 79.9. The van der Waals surface area contributed by atoms with Crippen LogP contribution in [0.5, 0.6) is 0 Å². The van der Waals surface area contributed by atoms with Crippen LogP contribution < -0.4 is 11.3 Å². The first-order chi connectivity index (χ1) is 9.10. The van der Waals surface area contributed by atoms with Gasteiger partial charge in [-0.15, -0.1) is 11.3 Å². The molecule has 0 radical (unpaired) electrons. The second kappa shape index (κ2) is 6.66. The Labute approximate surface area is 127 Å². The summed E-state index contributed by atoms with van der Waals surface area (Å²) in [7, 11) is 0. The molecule has 2 aromatic rings. The molecule has 0 bridgehead atoms. The summed E-state index contributed by atoms with van der Waals surface area (Å²) in [5.41, 5.74) is 6.94. The fourth-order valence-electron chi connectivity index (χ4n) is 2.10. The molecule has 0 fully saturated rings. The molecule has 102 valence electrons. The topological polar surface area (TPSA) is 38.0 Å². The quantitative estimate of drug-likeness (QED) is 0.643. The Morgan fingerprint density at radius 1 is 1.21 bits per heavy atom. The molecule has 0 aliphatic rings. The number of nitrogens with two attached hydrogens (primary N) is 1. The van der Waals surface area contributed by atoms with Gasteiger partial charge in [0.1, 0.15) is 0 Å². The van der Waals surface area contributed by atoms with E-state index in [1.54, 1.807) is 11.3 Å². The Bertz CT molecular complexity index is 551. The summed E-state index contributed by atoms with van der Waals surface area (Å²) in [6.07, 6.45) is 1.89.